The summed E-state index contributed by atoms with van der Waals surface area (Å²) in [6.07, 6.45) is 1.39. The van der Waals surface area contributed by atoms with E-state index in [4.69, 9.17) is 27.5 Å². The molecular weight excluding hydrogens is 269 g/mol. The van der Waals surface area contributed by atoms with Crippen LogP contribution in [0.4, 0.5) is 4.39 Å². The van der Waals surface area contributed by atoms with Gasteiger partial charge in [0.1, 0.15) is 10.9 Å². The maximum atomic E-state index is 13.8. The first-order valence-corrected chi connectivity index (χ1v) is 5.80. The monoisotopic (exact) mass is 279 g/mol. The molecule has 4 nitrogen and oxygen atoms in total. The third kappa shape index (κ3) is 2.66. The molecule has 0 aliphatic rings. The summed E-state index contributed by atoms with van der Waals surface area (Å²) in [6.45, 7) is 1.63. The molecule has 2 rings (SSSR count). The molecule has 0 radical (unpaired) electrons. The fraction of sp³-hybridized carbons (Fsp3) is 0.0769. The molecule has 1 aromatic carbocycles. The van der Waals surface area contributed by atoms with Crippen LogP contribution in [-0.4, -0.2) is 10.8 Å². The molecule has 0 aliphatic heterocycles. The van der Waals surface area contributed by atoms with Gasteiger partial charge in [-0.2, -0.15) is 0 Å². The van der Waals surface area contributed by atoms with Gasteiger partial charge in [-0.25, -0.2) is 9.37 Å². The van der Waals surface area contributed by atoms with E-state index in [0.29, 0.717) is 11.1 Å². The van der Waals surface area contributed by atoms with Crippen molar-refractivity contribution in [3.05, 3.63) is 52.4 Å². The van der Waals surface area contributed by atoms with E-state index in [-0.39, 0.29) is 22.5 Å². The molecule has 3 N–H and O–H groups in total. The lowest BCUT2D eigenvalue weighted by molar-refractivity contribution is 0.426. The van der Waals surface area contributed by atoms with E-state index in [9.17, 15) is 4.39 Å². The number of nitrogens with zero attached hydrogens (tertiary/aromatic N) is 1. The van der Waals surface area contributed by atoms with Crippen LogP contribution in [0.3, 0.4) is 0 Å². The Balaban J connectivity index is 2.42. The van der Waals surface area contributed by atoms with Gasteiger partial charge in [-0.05, 0) is 24.6 Å². The fourth-order valence-electron chi connectivity index (χ4n) is 1.51. The van der Waals surface area contributed by atoms with Crippen molar-refractivity contribution in [1.29, 1.82) is 5.41 Å². The largest absolute Gasteiger partial charge is 0.434 e. The van der Waals surface area contributed by atoms with Crippen LogP contribution < -0.4 is 10.5 Å². The Morgan fingerprint density at radius 2 is 2.16 bits per heavy atom. The Kier molecular flexibility index (Phi) is 3.66. The molecule has 1 heterocycles. The first-order valence-electron chi connectivity index (χ1n) is 5.42. The number of pyridine rings is 1. The van der Waals surface area contributed by atoms with Crippen molar-refractivity contribution in [2.24, 2.45) is 5.73 Å². The SMILES string of the molecule is Cc1cccc(Oc2nccc(C(=N)N)c2Cl)c1F. The average molecular weight is 280 g/mol. The topological polar surface area (TPSA) is 72.0 Å². The molecule has 19 heavy (non-hydrogen) atoms. The number of aryl methyl sites for hydroxylation is 1. The minimum Gasteiger partial charge on any atom is -0.434 e. The lowest BCUT2D eigenvalue weighted by atomic mass is 10.2. The van der Waals surface area contributed by atoms with Crippen molar-refractivity contribution in [2.45, 2.75) is 6.92 Å². The quantitative estimate of drug-likeness (QED) is 0.669. The van der Waals surface area contributed by atoms with Crippen LogP contribution in [0.1, 0.15) is 11.1 Å². The highest BCUT2D eigenvalue weighted by Gasteiger charge is 2.14. The summed E-state index contributed by atoms with van der Waals surface area (Å²) in [4.78, 5) is 3.91. The lowest BCUT2D eigenvalue weighted by Crippen LogP contribution is -2.12. The lowest BCUT2D eigenvalue weighted by Gasteiger charge is -2.10. The average Bonchev–Trinajstić information content (AvgIpc) is 2.37. The molecule has 0 atom stereocenters. The normalized spacial score (nSPS) is 10.3. The highest BCUT2D eigenvalue weighted by molar-refractivity contribution is 6.35. The number of nitrogen functional groups attached to an aromatic ring is 1. The van der Waals surface area contributed by atoms with E-state index in [2.05, 4.69) is 4.98 Å². The highest BCUT2D eigenvalue weighted by Crippen LogP contribution is 2.31. The van der Waals surface area contributed by atoms with Crippen LogP contribution >= 0.6 is 11.6 Å². The van der Waals surface area contributed by atoms with Crippen molar-refractivity contribution in [1.82, 2.24) is 4.98 Å². The standard InChI is InChI=1S/C13H11ClFN3O/c1-7-3-2-4-9(11(7)15)19-13-10(14)8(12(16)17)5-6-18-13/h2-6H,1H3,(H3,16,17). The predicted molar refractivity (Wildman–Crippen MR) is 71.5 cm³/mol. The molecule has 0 aliphatic carbocycles. The van der Waals surface area contributed by atoms with Crippen molar-refractivity contribution >= 4 is 17.4 Å². The minimum atomic E-state index is -0.478. The van der Waals surface area contributed by atoms with Crippen LogP contribution in [0.5, 0.6) is 11.6 Å². The molecule has 98 valence electrons. The number of nitrogens with one attached hydrogen (secondary N) is 1. The number of amidine groups is 1. The number of nitrogens with two attached hydrogens (primary N) is 1. The third-order valence-electron chi connectivity index (χ3n) is 2.51. The van der Waals surface area contributed by atoms with Gasteiger partial charge in [0.25, 0.3) is 0 Å². The van der Waals surface area contributed by atoms with Crippen LogP contribution in [0.25, 0.3) is 0 Å². The van der Waals surface area contributed by atoms with Crippen LogP contribution in [0.2, 0.25) is 5.02 Å². The predicted octanol–water partition coefficient (Wildman–Crippen LogP) is 3.26. The maximum absolute atomic E-state index is 13.8. The smallest absolute Gasteiger partial charge is 0.239 e. The van der Waals surface area contributed by atoms with Crippen molar-refractivity contribution < 1.29 is 9.13 Å². The van der Waals surface area contributed by atoms with Gasteiger partial charge in [0.2, 0.25) is 5.88 Å². The Bertz CT molecular complexity index is 646. The zero-order chi connectivity index (χ0) is 14.0. The summed E-state index contributed by atoms with van der Waals surface area (Å²) < 4.78 is 19.2. The number of aromatic nitrogens is 1. The van der Waals surface area contributed by atoms with Gasteiger partial charge in [0.15, 0.2) is 11.6 Å². The van der Waals surface area contributed by atoms with Crippen molar-refractivity contribution in [3.8, 4) is 11.6 Å². The molecule has 0 saturated carbocycles. The van der Waals surface area contributed by atoms with E-state index in [0.717, 1.165) is 0 Å². The van der Waals surface area contributed by atoms with E-state index < -0.39 is 5.82 Å². The molecule has 6 heteroatoms. The summed E-state index contributed by atoms with van der Waals surface area (Å²) in [6, 6.07) is 6.25. The molecule has 0 spiro atoms. The maximum Gasteiger partial charge on any atom is 0.239 e. The van der Waals surface area contributed by atoms with E-state index in [1.807, 2.05) is 0 Å². The molecular formula is C13H11ClFN3O. The van der Waals surface area contributed by atoms with E-state index >= 15 is 0 Å². The van der Waals surface area contributed by atoms with Gasteiger partial charge in [-0.3, -0.25) is 5.41 Å². The Labute approximate surface area is 114 Å². The second-order valence-corrected chi connectivity index (χ2v) is 4.26. The summed E-state index contributed by atoms with van der Waals surface area (Å²) in [7, 11) is 0. The number of ether oxygens (including phenoxy) is 1. The van der Waals surface area contributed by atoms with Crippen LogP contribution in [-0.2, 0) is 0 Å². The van der Waals surface area contributed by atoms with E-state index in [1.54, 1.807) is 19.1 Å². The highest BCUT2D eigenvalue weighted by atomic mass is 35.5. The Hall–Kier alpha value is -2.14. The number of hydrogen-bond donors (Lipinski definition) is 2. The Morgan fingerprint density at radius 1 is 1.42 bits per heavy atom. The van der Waals surface area contributed by atoms with Gasteiger partial charge in [0.05, 0.1) is 0 Å². The summed E-state index contributed by atoms with van der Waals surface area (Å²) >= 11 is 6.02. The summed E-state index contributed by atoms with van der Waals surface area (Å²) in [5, 5.41) is 7.44. The number of hydrogen-bond acceptors (Lipinski definition) is 3. The van der Waals surface area contributed by atoms with Gasteiger partial charge in [0, 0.05) is 11.8 Å². The van der Waals surface area contributed by atoms with Crippen LogP contribution in [0.15, 0.2) is 30.5 Å². The number of rotatable bonds is 3. The van der Waals surface area contributed by atoms with Crippen molar-refractivity contribution in [2.75, 3.05) is 0 Å². The van der Waals surface area contributed by atoms with Gasteiger partial charge >= 0.3 is 0 Å². The molecule has 0 bridgehead atoms. The number of benzene rings is 1. The molecule has 0 unspecified atom stereocenters. The van der Waals surface area contributed by atoms with E-state index in [1.165, 1.54) is 18.3 Å². The fourth-order valence-corrected chi connectivity index (χ4v) is 1.76. The zero-order valence-corrected chi connectivity index (χ0v) is 10.8. The zero-order valence-electron chi connectivity index (χ0n) is 10.1. The Morgan fingerprint density at radius 3 is 2.84 bits per heavy atom. The second kappa shape index (κ2) is 5.24. The molecule has 0 saturated heterocycles. The number of halogens is 2. The third-order valence-corrected chi connectivity index (χ3v) is 2.88. The van der Waals surface area contributed by atoms with Gasteiger partial charge in [-0.1, -0.05) is 23.7 Å². The molecule has 0 fully saturated rings. The molecule has 0 amide bonds. The molecule has 1 aromatic heterocycles. The van der Waals surface area contributed by atoms with Gasteiger partial charge in [-0.15, -0.1) is 0 Å². The minimum absolute atomic E-state index is 0.0128. The first kappa shape index (κ1) is 13.3. The molecule has 2 aromatic rings. The second-order valence-electron chi connectivity index (χ2n) is 3.88. The van der Waals surface area contributed by atoms with Gasteiger partial charge < -0.3 is 10.5 Å². The van der Waals surface area contributed by atoms with Crippen molar-refractivity contribution in [3.63, 3.8) is 0 Å². The summed E-state index contributed by atoms with van der Waals surface area (Å²) in [5.41, 5.74) is 6.12. The summed E-state index contributed by atoms with van der Waals surface area (Å²) in [5.74, 6) is -0.649. The van der Waals surface area contributed by atoms with Crippen LogP contribution in [0, 0.1) is 18.2 Å². The first-order chi connectivity index (χ1) is 9.00.